The molecule has 2 rings (SSSR count). The van der Waals surface area contributed by atoms with E-state index in [-0.39, 0.29) is 29.5 Å². The number of nitrogens with zero attached hydrogens (tertiary/aromatic N) is 1. The molecule has 0 unspecified atom stereocenters. The molecule has 0 saturated carbocycles. The second kappa shape index (κ2) is 8.14. The highest BCUT2D eigenvalue weighted by atomic mass is 32.2. The normalized spacial score (nSPS) is 14.5. The van der Waals surface area contributed by atoms with Crippen LogP contribution in [-0.2, 0) is 14.8 Å². The monoisotopic (exact) mass is 353 g/mol. The summed E-state index contributed by atoms with van der Waals surface area (Å²) >= 11 is 0. The number of likely N-dealkylation sites (tertiary alicyclic amines) is 1. The first kappa shape index (κ1) is 18.3. The number of nitrogens with one attached hydrogen (secondary N) is 2. The molecule has 1 heterocycles. The van der Waals surface area contributed by atoms with Crippen molar-refractivity contribution in [2.45, 2.75) is 26.2 Å². The Morgan fingerprint density at radius 1 is 1.17 bits per heavy atom. The van der Waals surface area contributed by atoms with Crippen molar-refractivity contribution in [3.8, 4) is 0 Å². The SMILES string of the molecule is CCCS(=O)(=O)Nc1ccccc1C(=O)NCC(=O)N1CCCC1. The van der Waals surface area contributed by atoms with Crippen molar-refractivity contribution in [3.63, 3.8) is 0 Å². The standard InChI is InChI=1S/C16H23N3O4S/c1-2-11-24(22,23)18-14-8-4-3-7-13(14)16(21)17-12-15(20)19-9-5-6-10-19/h3-4,7-8,18H,2,5-6,9-12H2,1H3,(H,17,21). The van der Waals surface area contributed by atoms with Crippen LogP contribution in [0.1, 0.15) is 36.5 Å². The van der Waals surface area contributed by atoms with Gasteiger partial charge in [0, 0.05) is 13.1 Å². The summed E-state index contributed by atoms with van der Waals surface area (Å²) in [4.78, 5) is 26.0. The molecule has 1 saturated heterocycles. The van der Waals surface area contributed by atoms with Gasteiger partial charge in [-0.2, -0.15) is 0 Å². The molecular weight excluding hydrogens is 330 g/mol. The Balaban J connectivity index is 2.02. The summed E-state index contributed by atoms with van der Waals surface area (Å²) in [6.45, 7) is 3.13. The molecule has 132 valence electrons. The molecular formula is C16H23N3O4S. The maximum Gasteiger partial charge on any atom is 0.253 e. The first-order valence-electron chi connectivity index (χ1n) is 8.08. The predicted octanol–water partition coefficient (Wildman–Crippen LogP) is 1.19. The fraction of sp³-hybridized carbons (Fsp3) is 0.500. The Labute approximate surface area is 142 Å². The molecule has 8 heteroatoms. The van der Waals surface area contributed by atoms with E-state index >= 15 is 0 Å². The summed E-state index contributed by atoms with van der Waals surface area (Å²) in [7, 11) is -3.49. The highest BCUT2D eigenvalue weighted by Crippen LogP contribution is 2.17. The smallest absolute Gasteiger partial charge is 0.253 e. The van der Waals surface area contributed by atoms with Gasteiger partial charge in [-0.25, -0.2) is 8.42 Å². The van der Waals surface area contributed by atoms with Crippen LogP contribution in [0.2, 0.25) is 0 Å². The average Bonchev–Trinajstić information content (AvgIpc) is 3.06. The summed E-state index contributed by atoms with van der Waals surface area (Å²) in [5.74, 6) is -0.613. The van der Waals surface area contributed by atoms with Crippen molar-refractivity contribution >= 4 is 27.5 Å². The lowest BCUT2D eigenvalue weighted by atomic mass is 10.1. The largest absolute Gasteiger partial charge is 0.343 e. The molecule has 1 fully saturated rings. The number of carbonyl (C=O) groups excluding carboxylic acids is 2. The van der Waals surface area contributed by atoms with Crippen molar-refractivity contribution in [2.75, 3.05) is 30.1 Å². The van der Waals surface area contributed by atoms with Crippen molar-refractivity contribution in [1.29, 1.82) is 0 Å². The molecule has 0 radical (unpaired) electrons. The van der Waals surface area contributed by atoms with Gasteiger partial charge in [-0.1, -0.05) is 19.1 Å². The second-order valence-electron chi connectivity index (χ2n) is 5.74. The van der Waals surface area contributed by atoms with Crippen molar-refractivity contribution < 1.29 is 18.0 Å². The van der Waals surface area contributed by atoms with E-state index in [1.807, 2.05) is 0 Å². The predicted molar refractivity (Wildman–Crippen MR) is 92.3 cm³/mol. The molecule has 7 nitrogen and oxygen atoms in total. The van der Waals surface area contributed by atoms with Gasteiger partial charge in [0.05, 0.1) is 23.5 Å². The van der Waals surface area contributed by atoms with Gasteiger partial charge in [0.2, 0.25) is 15.9 Å². The minimum absolute atomic E-state index is 0.0175. The summed E-state index contributed by atoms with van der Waals surface area (Å²) < 4.78 is 26.2. The van der Waals surface area contributed by atoms with Crippen molar-refractivity contribution in [3.05, 3.63) is 29.8 Å². The minimum atomic E-state index is -3.49. The molecule has 24 heavy (non-hydrogen) atoms. The number of benzene rings is 1. The summed E-state index contributed by atoms with van der Waals surface area (Å²) in [6, 6.07) is 6.36. The third kappa shape index (κ3) is 4.95. The van der Waals surface area contributed by atoms with Crippen LogP contribution in [0.15, 0.2) is 24.3 Å². The van der Waals surface area contributed by atoms with Gasteiger partial charge < -0.3 is 10.2 Å². The zero-order valence-corrected chi connectivity index (χ0v) is 14.6. The molecule has 0 spiro atoms. The quantitative estimate of drug-likeness (QED) is 0.770. The maximum atomic E-state index is 12.3. The number of hydrogen-bond donors (Lipinski definition) is 2. The van der Waals surface area contributed by atoms with Crippen LogP contribution in [-0.4, -0.2) is 50.5 Å². The molecule has 0 aliphatic carbocycles. The second-order valence-corrected chi connectivity index (χ2v) is 7.58. The number of anilines is 1. The van der Waals surface area contributed by atoms with E-state index in [0.29, 0.717) is 6.42 Å². The summed E-state index contributed by atoms with van der Waals surface area (Å²) in [5.41, 5.74) is 0.420. The van der Waals surface area contributed by atoms with E-state index in [0.717, 1.165) is 25.9 Å². The highest BCUT2D eigenvalue weighted by Gasteiger charge is 2.20. The molecule has 1 aromatic rings. The number of para-hydroxylation sites is 1. The van der Waals surface area contributed by atoms with E-state index in [2.05, 4.69) is 10.0 Å². The zero-order chi connectivity index (χ0) is 17.6. The molecule has 0 atom stereocenters. The van der Waals surface area contributed by atoms with Gasteiger partial charge >= 0.3 is 0 Å². The van der Waals surface area contributed by atoms with Crippen LogP contribution in [0.4, 0.5) is 5.69 Å². The molecule has 2 N–H and O–H groups in total. The average molecular weight is 353 g/mol. The summed E-state index contributed by atoms with van der Waals surface area (Å²) in [6.07, 6.45) is 2.46. The lowest BCUT2D eigenvalue weighted by Crippen LogP contribution is -2.38. The molecule has 1 aromatic carbocycles. The highest BCUT2D eigenvalue weighted by molar-refractivity contribution is 7.92. The number of rotatable bonds is 7. The van der Waals surface area contributed by atoms with Crippen LogP contribution >= 0.6 is 0 Å². The third-order valence-electron chi connectivity index (χ3n) is 3.77. The maximum absolute atomic E-state index is 12.3. The first-order valence-corrected chi connectivity index (χ1v) is 9.73. The molecule has 1 aliphatic rings. The van der Waals surface area contributed by atoms with Crippen molar-refractivity contribution in [1.82, 2.24) is 10.2 Å². The van der Waals surface area contributed by atoms with Crippen LogP contribution in [0.3, 0.4) is 0 Å². The first-order chi connectivity index (χ1) is 11.4. The van der Waals surface area contributed by atoms with Gasteiger partial charge in [0.1, 0.15) is 0 Å². The lowest BCUT2D eigenvalue weighted by Gasteiger charge is -2.16. The number of carbonyl (C=O) groups is 2. The minimum Gasteiger partial charge on any atom is -0.343 e. The number of sulfonamides is 1. The molecule has 0 aromatic heterocycles. The fourth-order valence-electron chi connectivity index (χ4n) is 2.59. The van der Waals surface area contributed by atoms with E-state index in [1.165, 1.54) is 12.1 Å². The van der Waals surface area contributed by atoms with Crippen LogP contribution in [0, 0.1) is 0 Å². The van der Waals surface area contributed by atoms with Crippen LogP contribution < -0.4 is 10.0 Å². The van der Waals surface area contributed by atoms with E-state index in [4.69, 9.17) is 0 Å². The van der Waals surface area contributed by atoms with E-state index < -0.39 is 15.9 Å². The number of amides is 2. The zero-order valence-electron chi connectivity index (χ0n) is 13.7. The van der Waals surface area contributed by atoms with Crippen LogP contribution in [0.25, 0.3) is 0 Å². The van der Waals surface area contributed by atoms with Crippen LogP contribution in [0.5, 0.6) is 0 Å². The van der Waals surface area contributed by atoms with Gasteiger partial charge in [-0.3, -0.25) is 14.3 Å². The van der Waals surface area contributed by atoms with Gasteiger partial charge in [-0.15, -0.1) is 0 Å². The topological polar surface area (TPSA) is 95.6 Å². The molecule has 2 amide bonds. The Bertz CT molecular complexity index is 697. The lowest BCUT2D eigenvalue weighted by molar-refractivity contribution is -0.129. The Kier molecular flexibility index (Phi) is 6.19. The number of hydrogen-bond acceptors (Lipinski definition) is 4. The van der Waals surface area contributed by atoms with Gasteiger partial charge in [0.25, 0.3) is 5.91 Å². The fourth-order valence-corrected chi connectivity index (χ4v) is 3.74. The molecule has 0 bridgehead atoms. The van der Waals surface area contributed by atoms with E-state index in [9.17, 15) is 18.0 Å². The Morgan fingerprint density at radius 3 is 2.50 bits per heavy atom. The Hall–Kier alpha value is -2.09. The van der Waals surface area contributed by atoms with Gasteiger partial charge in [-0.05, 0) is 31.4 Å². The summed E-state index contributed by atoms with van der Waals surface area (Å²) in [5, 5.41) is 2.57. The van der Waals surface area contributed by atoms with E-state index in [1.54, 1.807) is 24.0 Å². The third-order valence-corrected chi connectivity index (χ3v) is 5.25. The Morgan fingerprint density at radius 2 is 1.83 bits per heavy atom. The molecule has 1 aliphatic heterocycles. The van der Waals surface area contributed by atoms with Crippen molar-refractivity contribution in [2.24, 2.45) is 0 Å². The van der Waals surface area contributed by atoms with Gasteiger partial charge in [0.15, 0.2) is 0 Å².